The van der Waals surface area contributed by atoms with E-state index < -0.39 is 12.8 Å². The molecule has 30 heavy (non-hydrogen) atoms. The minimum atomic E-state index is -4.43. The first kappa shape index (κ1) is 21.9. The van der Waals surface area contributed by atoms with Gasteiger partial charge in [-0.1, -0.05) is 18.2 Å². The normalized spacial score (nSPS) is 11.5. The number of carbonyl (C=O) groups excluding carboxylic acids is 1. The fourth-order valence-corrected chi connectivity index (χ4v) is 3.89. The maximum Gasteiger partial charge on any atom is 0.422 e. The van der Waals surface area contributed by atoms with Gasteiger partial charge in [0.25, 0.3) is 0 Å². The molecule has 0 atom stereocenters. The predicted octanol–water partition coefficient (Wildman–Crippen LogP) is 4.84. The Morgan fingerprint density at radius 2 is 1.93 bits per heavy atom. The number of ether oxygens (including phenoxy) is 2. The maximum atomic E-state index is 12.5. The molecule has 5 nitrogen and oxygen atoms in total. The molecule has 0 saturated carbocycles. The molecule has 0 aliphatic carbocycles. The van der Waals surface area contributed by atoms with Crippen molar-refractivity contribution >= 4 is 27.5 Å². The molecule has 0 aliphatic rings. The number of nitrogens with zero attached hydrogens (tertiary/aromatic N) is 2. The van der Waals surface area contributed by atoms with Crippen molar-refractivity contribution < 1.29 is 27.4 Å². The number of rotatable bonds is 8. The summed E-state index contributed by atoms with van der Waals surface area (Å²) >= 11 is 1.55. The molecule has 1 heterocycles. The van der Waals surface area contributed by atoms with Crippen LogP contribution in [0.4, 0.5) is 13.2 Å². The van der Waals surface area contributed by atoms with Gasteiger partial charge in [-0.25, -0.2) is 4.98 Å². The first-order chi connectivity index (χ1) is 14.2. The van der Waals surface area contributed by atoms with Crippen molar-refractivity contribution in [2.24, 2.45) is 0 Å². The number of carbonyl (C=O) groups is 1. The van der Waals surface area contributed by atoms with Crippen LogP contribution in [0.15, 0.2) is 42.5 Å². The summed E-state index contributed by atoms with van der Waals surface area (Å²) in [5, 5.41) is 0.861. The minimum absolute atomic E-state index is 0.0119. The first-order valence-corrected chi connectivity index (χ1v) is 10.0. The molecule has 3 aromatic rings. The van der Waals surface area contributed by atoms with Gasteiger partial charge in [0, 0.05) is 13.5 Å². The summed E-state index contributed by atoms with van der Waals surface area (Å²) in [6.07, 6.45) is -3.74. The van der Waals surface area contributed by atoms with E-state index in [2.05, 4.69) is 4.98 Å². The van der Waals surface area contributed by atoms with E-state index in [-0.39, 0.29) is 23.8 Å². The van der Waals surface area contributed by atoms with Crippen LogP contribution in [-0.4, -0.2) is 42.7 Å². The van der Waals surface area contributed by atoms with Crippen LogP contribution in [0.2, 0.25) is 0 Å². The Kier molecular flexibility index (Phi) is 6.81. The third kappa shape index (κ3) is 5.85. The van der Waals surface area contributed by atoms with Crippen LogP contribution in [0, 0.1) is 0 Å². The van der Waals surface area contributed by atoms with Crippen molar-refractivity contribution in [3.8, 4) is 11.5 Å². The molecule has 0 spiro atoms. The molecule has 0 radical (unpaired) electrons. The van der Waals surface area contributed by atoms with E-state index in [0.717, 1.165) is 20.8 Å². The highest BCUT2D eigenvalue weighted by atomic mass is 32.1. The topological polar surface area (TPSA) is 51.7 Å². The van der Waals surface area contributed by atoms with Crippen LogP contribution in [-0.2, 0) is 17.8 Å². The highest BCUT2D eigenvalue weighted by Gasteiger charge is 2.29. The van der Waals surface area contributed by atoms with Gasteiger partial charge >= 0.3 is 6.18 Å². The molecule has 2 aromatic carbocycles. The van der Waals surface area contributed by atoms with Gasteiger partial charge < -0.3 is 14.4 Å². The molecule has 0 saturated heterocycles. The molecule has 0 bridgehead atoms. The van der Waals surface area contributed by atoms with E-state index >= 15 is 0 Å². The molecule has 3 rings (SSSR count). The summed E-state index contributed by atoms with van der Waals surface area (Å²) in [5.41, 5.74) is 1.69. The Bertz CT molecular complexity index is 987. The third-order valence-electron chi connectivity index (χ3n) is 4.38. The number of aryl methyl sites for hydroxylation is 1. The van der Waals surface area contributed by atoms with E-state index in [9.17, 15) is 18.0 Å². The Labute approximate surface area is 176 Å². The molecule has 160 valence electrons. The SMILES string of the molecule is COc1cc(CCC(=O)N(C)Cc2nc3ccccc3s2)ccc1OCC(F)(F)F. The Balaban J connectivity index is 1.56. The van der Waals surface area contributed by atoms with Crippen LogP contribution >= 0.6 is 11.3 Å². The summed E-state index contributed by atoms with van der Waals surface area (Å²) in [4.78, 5) is 18.6. The van der Waals surface area contributed by atoms with Crippen LogP contribution in [0.3, 0.4) is 0 Å². The molecular weight excluding hydrogens is 417 g/mol. The zero-order valence-corrected chi connectivity index (χ0v) is 17.3. The average molecular weight is 438 g/mol. The summed E-state index contributed by atoms with van der Waals surface area (Å²) in [6, 6.07) is 12.5. The van der Waals surface area contributed by atoms with E-state index in [1.165, 1.54) is 13.2 Å². The zero-order chi connectivity index (χ0) is 21.7. The van der Waals surface area contributed by atoms with Crippen molar-refractivity contribution in [3.63, 3.8) is 0 Å². The minimum Gasteiger partial charge on any atom is -0.493 e. The van der Waals surface area contributed by atoms with Crippen molar-refractivity contribution in [2.75, 3.05) is 20.8 Å². The number of benzene rings is 2. The number of alkyl halides is 3. The molecule has 1 amide bonds. The Hall–Kier alpha value is -2.81. The number of hydrogen-bond donors (Lipinski definition) is 0. The lowest BCUT2D eigenvalue weighted by molar-refractivity contribution is -0.153. The number of aromatic nitrogens is 1. The highest BCUT2D eigenvalue weighted by molar-refractivity contribution is 7.18. The van der Waals surface area contributed by atoms with Gasteiger partial charge in [0.2, 0.25) is 5.91 Å². The van der Waals surface area contributed by atoms with Crippen molar-refractivity contribution in [2.45, 2.75) is 25.6 Å². The van der Waals surface area contributed by atoms with Gasteiger partial charge in [-0.2, -0.15) is 13.2 Å². The largest absolute Gasteiger partial charge is 0.493 e. The van der Waals surface area contributed by atoms with Gasteiger partial charge in [0.15, 0.2) is 18.1 Å². The lowest BCUT2D eigenvalue weighted by atomic mass is 10.1. The van der Waals surface area contributed by atoms with E-state index in [1.807, 2.05) is 24.3 Å². The highest BCUT2D eigenvalue weighted by Crippen LogP contribution is 2.30. The standard InChI is InChI=1S/C21H21F3N2O3S/c1-26(12-19-25-15-5-3-4-6-18(15)30-19)20(27)10-8-14-7-9-16(17(11-14)28-2)29-13-21(22,23)24/h3-7,9,11H,8,10,12-13H2,1-2H3. The van der Waals surface area contributed by atoms with Gasteiger partial charge in [0.1, 0.15) is 5.01 Å². The van der Waals surface area contributed by atoms with Gasteiger partial charge in [-0.3, -0.25) is 4.79 Å². The fourth-order valence-electron chi connectivity index (χ4n) is 2.87. The van der Waals surface area contributed by atoms with Gasteiger partial charge in [-0.05, 0) is 36.2 Å². The second kappa shape index (κ2) is 9.34. The second-order valence-electron chi connectivity index (χ2n) is 6.71. The lowest BCUT2D eigenvalue weighted by Crippen LogP contribution is -2.26. The number of halogens is 3. The van der Waals surface area contributed by atoms with Crippen molar-refractivity contribution in [3.05, 3.63) is 53.0 Å². The number of fused-ring (bicyclic) bond motifs is 1. The van der Waals surface area contributed by atoms with Crippen molar-refractivity contribution in [1.82, 2.24) is 9.88 Å². The van der Waals surface area contributed by atoms with Crippen LogP contribution in [0.1, 0.15) is 17.0 Å². The van der Waals surface area contributed by atoms with E-state index in [1.54, 1.807) is 35.4 Å². The Morgan fingerprint density at radius 3 is 2.63 bits per heavy atom. The van der Waals surface area contributed by atoms with E-state index in [0.29, 0.717) is 13.0 Å². The molecule has 9 heteroatoms. The number of methoxy groups -OCH3 is 1. The quantitative estimate of drug-likeness (QED) is 0.505. The number of para-hydroxylation sites is 1. The third-order valence-corrected chi connectivity index (χ3v) is 5.40. The molecule has 0 aliphatic heterocycles. The Morgan fingerprint density at radius 1 is 1.17 bits per heavy atom. The monoisotopic (exact) mass is 438 g/mol. The van der Waals surface area contributed by atoms with Gasteiger partial charge in [-0.15, -0.1) is 11.3 Å². The number of thiazole rings is 1. The predicted molar refractivity (Wildman–Crippen MR) is 109 cm³/mol. The fraction of sp³-hybridized carbons (Fsp3) is 0.333. The lowest BCUT2D eigenvalue weighted by Gasteiger charge is -2.16. The molecule has 0 unspecified atom stereocenters. The second-order valence-corrected chi connectivity index (χ2v) is 7.83. The van der Waals surface area contributed by atoms with E-state index in [4.69, 9.17) is 9.47 Å². The average Bonchev–Trinajstić information content (AvgIpc) is 3.12. The number of amides is 1. The first-order valence-electron chi connectivity index (χ1n) is 9.20. The zero-order valence-electron chi connectivity index (χ0n) is 16.5. The summed E-state index contributed by atoms with van der Waals surface area (Å²) in [6.45, 7) is -0.969. The van der Waals surface area contributed by atoms with Crippen LogP contribution in [0.25, 0.3) is 10.2 Å². The maximum absolute atomic E-state index is 12.5. The summed E-state index contributed by atoms with van der Waals surface area (Å²) in [7, 11) is 3.08. The van der Waals surface area contributed by atoms with Crippen LogP contribution in [0.5, 0.6) is 11.5 Å². The molecule has 1 aromatic heterocycles. The smallest absolute Gasteiger partial charge is 0.422 e. The van der Waals surface area contributed by atoms with Gasteiger partial charge in [0.05, 0.1) is 23.9 Å². The summed E-state index contributed by atoms with van der Waals surface area (Å²) < 4.78 is 48.0. The van der Waals surface area contributed by atoms with Crippen molar-refractivity contribution in [1.29, 1.82) is 0 Å². The van der Waals surface area contributed by atoms with Crippen LogP contribution < -0.4 is 9.47 Å². The number of hydrogen-bond acceptors (Lipinski definition) is 5. The summed E-state index contributed by atoms with van der Waals surface area (Å²) in [5.74, 6) is 0.163. The molecule has 0 fully saturated rings. The molecular formula is C21H21F3N2O3S. The molecule has 0 N–H and O–H groups in total.